The molecule has 1 aromatic carbocycles. The monoisotopic (exact) mass is 298 g/mol. The summed E-state index contributed by atoms with van der Waals surface area (Å²) in [7, 11) is 0. The van der Waals surface area contributed by atoms with Crippen molar-refractivity contribution < 1.29 is 18.7 Å². The smallest absolute Gasteiger partial charge is 0.251 e. The number of alkyl halides is 2. The van der Waals surface area contributed by atoms with Crippen LogP contribution in [0.15, 0.2) is 18.2 Å². The van der Waals surface area contributed by atoms with E-state index in [4.69, 9.17) is 5.11 Å². The van der Waals surface area contributed by atoms with Crippen molar-refractivity contribution in [2.24, 2.45) is 0 Å². The molecule has 0 aliphatic heterocycles. The minimum atomic E-state index is -2.52. The highest BCUT2D eigenvalue weighted by atomic mass is 19.3. The first-order valence-electron chi connectivity index (χ1n) is 7.11. The molecule has 0 bridgehead atoms. The molecule has 21 heavy (non-hydrogen) atoms. The number of hydrogen-bond donors (Lipinski definition) is 2. The molecule has 0 radical (unpaired) electrons. The van der Waals surface area contributed by atoms with Gasteiger partial charge in [0.1, 0.15) is 0 Å². The number of hydrogen-bond acceptors (Lipinski definition) is 3. The molecule has 0 spiro atoms. The Balaban J connectivity index is 1.91. The first-order valence-corrected chi connectivity index (χ1v) is 7.11. The lowest BCUT2D eigenvalue weighted by Gasteiger charge is -2.20. The highest BCUT2D eigenvalue weighted by Gasteiger charge is 2.16. The number of benzene rings is 1. The SMILES string of the molecule is O=C(CN(CCO)CC(F)F)Nc1ccc2c(c1)CCC2. The van der Waals surface area contributed by atoms with Crippen LogP contribution >= 0.6 is 0 Å². The van der Waals surface area contributed by atoms with E-state index in [0.29, 0.717) is 5.69 Å². The summed E-state index contributed by atoms with van der Waals surface area (Å²) in [5.41, 5.74) is 3.25. The summed E-state index contributed by atoms with van der Waals surface area (Å²) in [6.07, 6.45) is 0.693. The lowest BCUT2D eigenvalue weighted by atomic mass is 10.1. The molecule has 1 aliphatic carbocycles. The predicted octanol–water partition coefficient (Wildman–Crippen LogP) is 1.67. The van der Waals surface area contributed by atoms with Crippen LogP contribution < -0.4 is 5.32 Å². The topological polar surface area (TPSA) is 52.6 Å². The van der Waals surface area contributed by atoms with Crippen molar-refractivity contribution in [3.05, 3.63) is 29.3 Å². The highest BCUT2D eigenvalue weighted by molar-refractivity contribution is 5.92. The molecule has 2 rings (SSSR count). The van der Waals surface area contributed by atoms with Gasteiger partial charge < -0.3 is 10.4 Å². The van der Waals surface area contributed by atoms with E-state index in [-0.39, 0.29) is 25.6 Å². The molecule has 6 heteroatoms. The van der Waals surface area contributed by atoms with Gasteiger partial charge >= 0.3 is 0 Å². The molecule has 2 N–H and O–H groups in total. The van der Waals surface area contributed by atoms with Crippen LogP contribution in [0.25, 0.3) is 0 Å². The van der Waals surface area contributed by atoms with Gasteiger partial charge in [0.05, 0.1) is 19.7 Å². The van der Waals surface area contributed by atoms with Crippen molar-refractivity contribution in [1.29, 1.82) is 0 Å². The number of halogens is 2. The van der Waals surface area contributed by atoms with E-state index < -0.39 is 13.0 Å². The van der Waals surface area contributed by atoms with Gasteiger partial charge in [-0.1, -0.05) is 6.07 Å². The maximum absolute atomic E-state index is 12.4. The van der Waals surface area contributed by atoms with Gasteiger partial charge in [0, 0.05) is 12.2 Å². The Morgan fingerprint density at radius 1 is 1.33 bits per heavy atom. The summed E-state index contributed by atoms with van der Waals surface area (Å²) in [5, 5.41) is 11.6. The molecular formula is C15H20F2N2O2. The predicted molar refractivity (Wildman–Crippen MR) is 76.6 cm³/mol. The quantitative estimate of drug-likeness (QED) is 0.805. The fourth-order valence-electron chi connectivity index (χ4n) is 2.62. The minimum Gasteiger partial charge on any atom is -0.395 e. The van der Waals surface area contributed by atoms with Gasteiger partial charge in [0.15, 0.2) is 0 Å². The molecule has 0 aromatic heterocycles. The van der Waals surface area contributed by atoms with E-state index in [1.54, 1.807) is 0 Å². The van der Waals surface area contributed by atoms with Crippen molar-refractivity contribution in [2.75, 3.05) is 31.6 Å². The number of aryl methyl sites for hydroxylation is 2. The molecule has 0 saturated heterocycles. The van der Waals surface area contributed by atoms with Crippen molar-refractivity contribution in [1.82, 2.24) is 4.90 Å². The number of nitrogens with zero attached hydrogens (tertiary/aromatic N) is 1. The van der Waals surface area contributed by atoms with Crippen molar-refractivity contribution >= 4 is 11.6 Å². The van der Waals surface area contributed by atoms with Gasteiger partial charge in [-0.05, 0) is 42.5 Å². The third-order valence-electron chi connectivity index (χ3n) is 3.56. The number of nitrogens with one attached hydrogen (secondary N) is 1. The molecule has 0 fully saturated rings. The second kappa shape index (κ2) is 7.47. The number of rotatable bonds is 7. The second-order valence-corrected chi connectivity index (χ2v) is 5.24. The number of fused-ring (bicyclic) bond motifs is 1. The van der Waals surface area contributed by atoms with Crippen LogP contribution in [-0.4, -0.2) is 48.6 Å². The van der Waals surface area contributed by atoms with Gasteiger partial charge in [0.2, 0.25) is 5.91 Å². The molecule has 116 valence electrons. The number of carbonyl (C=O) groups is 1. The molecule has 0 atom stereocenters. The van der Waals surface area contributed by atoms with Gasteiger partial charge in [-0.2, -0.15) is 0 Å². The second-order valence-electron chi connectivity index (χ2n) is 5.24. The molecule has 0 heterocycles. The van der Waals surface area contributed by atoms with E-state index >= 15 is 0 Å². The normalized spacial score (nSPS) is 13.8. The van der Waals surface area contributed by atoms with E-state index in [1.807, 2.05) is 18.2 Å². The van der Waals surface area contributed by atoms with Crippen molar-refractivity contribution in [3.8, 4) is 0 Å². The first-order chi connectivity index (χ1) is 10.1. The number of carbonyl (C=O) groups excluding carboxylic acids is 1. The third kappa shape index (κ3) is 4.75. The highest BCUT2D eigenvalue weighted by Crippen LogP contribution is 2.24. The molecule has 1 aliphatic rings. The minimum absolute atomic E-state index is 0.0575. The summed E-state index contributed by atoms with van der Waals surface area (Å²) in [6, 6.07) is 5.79. The summed E-state index contributed by atoms with van der Waals surface area (Å²) in [4.78, 5) is 13.1. The standard InChI is InChI=1S/C15H20F2N2O2/c16-14(17)9-19(6-7-20)10-15(21)18-13-5-4-11-2-1-3-12(11)8-13/h4-5,8,14,20H,1-3,6-7,9-10H2,(H,18,21). The van der Waals surface area contributed by atoms with E-state index in [1.165, 1.54) is 16.0 Å². The molecule has 0 unspecified atom stereocenters. The third-order valence-corrected chi connectivity index (χ3v) is 3.56. The zero-order valence-electron chi connectivity index (χ0n) is 11.8. The van der Waals surface area contributed by atoms with Crippen LogP contribution in [0.3, 0.4) is 0 Å². The van der Waals surface area contributed by atoms with Crippen LogP contribution in [0.1, 0.15) is 17.5 Å². The Bertz CT molecular complexity index is 495. The maximum atomic E-state index is 12.4. The number of aliphatic hydroxyl groups excluding tert-OH is 1. The Labute approximate surface area is 122 Å². The Kier molecular flexibility index (Phi) is 5.64. The Morgan fingerprint density at radius 3 is 2.81 bits per heavy atom. The number of aliphatic hydroxyl groups is 1. The van der Waals surface area contributed by atoms with Crippen LogP contribution in [0.4, 0.5) is 14.5 Å². The lowest BCUT2D eigenvalue weighted by molar-refractivity contribution is -0.117. The zero-order chi connectivity index (χ0) is 15.2. The van der Waals surface area contributed by atoms with Gasteiger partial charge in [-0.3, -0.25) is 9.69 Å². The average molecular weight is 298 g/mol. The summed E-state index contributed by atoms with van der Waals surface area (Å²) >= 11 is 0. The largest absolute Gasteiger partial charge is 0.395 e. The van der Waals surface area contributed by atoms with Gasteiger partial charge in [-0.15, -0.1) is 0 Å². The Morgan fingerprint density at radius 2 is 2.10 bits per heavy atom. The molecule has 0 saturated carbocycles. The van der Waals surface area contributed by atoms with Crippen molar-refractivity contribution in [3.63, 3.8) is 0 Å². The maximum Gasteiger partial charge on any atom is 0.251 e. The van der Waals surface area contributed by atoms with Crippen LogP contribution in [-0.2, 0) is 17.6 Å². The lowest BCUT2D eigenvalue weighted by Crippen LogP contribution is -2.38. The first kappa shape index (κ1) is 15.9. The van der Waals surface area contributed by atoms with E-state index in [9.17, 15) is 13.6 Å². The van der Waals surface area contributed by atoms with Crippen LogP contribution in [0.5, 0.6) is 0 Å². The van der Waals surface area contributed by atoms with E-state index in [2.05, 4.69) is 5.32 Å². The number of amides is 1. The molecular weight excluding hydrogens is 278 g/mol. The average Bonchev–Trinajstić information content (AvgIpc) is 2.85. The van der Waals surface area contributed by atoms with Crippen LogP contribution in [0, 0.1) is 0 Å². The Hall–Kier alpha value is -1.53. The molecule has 1 aromatic rings. The summed E-state index contributed by atoms with van der Waals surface area (Å²) in [6.45, 7) is -0.860. The fourth-order valence-corrected chi connectivity index (χ4v) is 2.62. The summed E-state index contributed by atoms with van der Waals surface area (Å²) < 4.78 is 24.8. The van der Waals surface area contributed by atoms with Crippen LogP contribution in [0.2, 0.25) is 0 Å². The van der Waals surface area contributed by atoms with Gasteiger partial charge in [0.25, 0.3) is 6.43 Å². The van der Waals surface area contributed by atoms with E-state index in [0.717, 1.165) is 19.3 Å². The zero-order valence-corrected chi connectivity index (χ0v) is 11.8. The molecule has 4 nitrogen and oxygen atoms in total. The fraction of sp³-hybridized carbons (Fsp3) is 0.533. The number of anilines is 1. The van der Waals surface area contributed by atoms with Crippen molar-refractivity contribution in [2.45, 2.75) is 25.7 Å². The van der Waals surface area contributed by atoms with Gasteiger partial charge in [-0.25, -0.2) is 8.78 Å². The summed E-state index contributed by atoms with van der Waals surface area (Å²) in [5.74, 6) is -0.345. The molecule has 1 amide bonds.